The maximum Gasteiger partial charge on any atom is 0.302 e. The van der Waals surface area contributed by atoms with Crippen LogP contribution in [0.2, 0.25) is 0 Å². The highest BCUT2D eigenvalue weighted by Crippen LogP contribution is 2.15. The van der Waals surface area contributed by atoms with Crippen LogP contribution in [0.4, 0.5) is 0 Å². The summed E-state index contributed by atoms with van der Waals surface area (Å²) in [5, 5.41) is 0. The van der Waals surface area contributed by atoms with Gasteiger partial charge in [-0.3, -0.25) is 9.78 Å². The summed E-state index contributed by atoms with van der Waals surface area (Å²) in [6.07, 6.45) is 5.38. The van der Waals surface area contributed by atoms with Crippen LogP contribution in [0.5, 0.6) is 0 Å². The molecule has 2 aromatic rings. The summed E-state index contributed by atoms with van der Waals surface area (Å²) in [6, 6.07) is 1.97. The lowest BCUT2D eigenvalue weighted by molar-refractivity contribution is -0.141. The second-order valence-corrected chi connectivity index (χ2v) is 4.22. The number of carbonyl (C=O) groups is 1. The standard InChI is InChI=1S/C13H17N3O2/c1-10-15-12-9-14-6-5-13(12)16(10)7-3-4-8-18-11(2)17/h5-6,9H,3-4,7-8H2,1-2H3. The van der Waals surface area contributed by atoms with Gasteiger partial charge in [-0.05, 0) is 25.8 Å². The van der Waals surface area contributed by atoms with E-state index in [4.69, 9.17) is 4.74 Å². The van der Waals surface area contributed by atoms with Crippen molar-refractivity contribution >= 4 is 17.0 Å². The van der Waals surface area contributed by atoms with Crippen molar-refractivity contribution in [1.82, 2.24) is 14.5 Å². The molecule has 0 amide bonds. The van der Waals surface area contributed by atoms with Gasteiger partial charge in [0, 0.05) is 19.7 Å². The second-order valence-electron chi connectivity index (χ2n) is 4.22. The van der Waals surface area contributed by atoms with E-state index in [0.29, 0.717) is 6.61 Å². The molecule has 5 nitrogen and oxygen atoms in total. The number of imidazole rings is 1. The molecule has 0 N–H and O–H groups in total. The summed E-state index contributed by atoms with van der Waals surface area (Å²) in [5.74, 6) is 0.774. The van der Waals surface area contributed by atoms with Crippen molar-refractivity contribution in [2.24, 2.45) is 0 Å². The molecular weight excluding hydrogens is 230 g/mol. The third-order valence-electron chi connectivity index (χ3n) is 2.82. The van der Waals surface area contributed by atoms with Crippen LogP contribution < -0.4 is 0 Å². The number of ether oxygens (including phenoxy) is 1. The first kappa shape index (κ1) is 12.5. The summed E-state index contributed by atoms with van der Waals surface area (Å²) in [6.45, 7) is 4.79. The topological polar surface area (TPSA) is 57.0 Å². The van der Waals surface area contributed by atoms with Gasteiger partial charge >= 0.3 is 5.97 Å². The molecule has 2 rings (SSSR count). The molecule has 0 aliphatic rings. The highest BCUT2D eigenvalue weighted by Gasteiger charge is 2.06. The van der Waals surface area contributed by atoms with Crippen LogP contribution in [-0.4, -0.2) is 27.1 Å². The SMILES string of the molecule is CC(=O)OCCCCn1c(C)nc2cnccc21. The first-order valence-electron chi connectivity index (χ1n) is 6.08. The van der Waals surface area contributed by atoms with Crippen LogP contribution in [0, 0.1) is 6.92 Å². The van der Waals surface area contributed by atoms with Crippen LogP contribution in [0.1, 0.15) is 25.6 Å². The molecule has 2 heterocycles. The van der Waals surface area contributed by atoms with Gasteiger partial charge < -0.3 is 9.30 Å². The van der Waals surface area contributed by atoms with Gasteiger partial charge in [-0.15, -0.1) is 0 Å². The van der Waals surface area contributed by atoms with Gasteiger partial charge in [-0.2, -0.15) is 0 Å². The van der Waals surface area contributed by atoms with Crippen molar-refractivity contribution in [1.29, 1.82) is 0 Å². The van der Waals surface area contributed by atoms with E-state index < -0.39 is 0 Å². The fourth-order valence-corrected chi connectivity index (χ4v) is 1.97. The minimum absolute atomic E-state index is 0.217. The highest BCUT2D eigenvalue weighted by atomic mass is 16.5. The quantitative estimate of drug-likeness (QED) is 0.599. The first-order chi connectivity index (χ1) is 8.68. The van der Waals surface area contributed by atoms with E-state index in [2.05, 4.69) is 14.5 Å². The Labute approximate surface area is 106 Å². The zero-order valence-electron chi connectivity index (χ0n) is 10.7. The van der Waals surface area contributed by atoms with Gasteiger partial charge in [0.25, 0.3) is 0 Å². The van der Waals surface area contributed by atoms with E-state index in [1.807, 2.05) is 13.0 Å². The van der Waals surface area contributed by atoms with Crippen molar-refractivity contribution in [3.8, 4) is 0 Å². The molecule has 0 saturated carbocycles. The summed E-state index contributed by atoms with van der Waals surface area (Å²) < 4.78 is 7.08. The van der Waals surface area contributed by atoms with E-state index in [9.17, 15) is 4.79 Å². The lowest BCUT2D eigenvalue weighted by Gasteiger charge is -2.06. The molecule has 5 heteroatoms. The number of fused-ring (bicyclic) bond motifs is 1. The van der Waals surface area contributed by atoms with Crippen molar-refractivity contribution < 1.29 is 9.53 Å². The predicted octanol–water partition coefficient (Wildman–Crippen LogP) is 2.08. The predicted molar refractivity (Wildman–Crippen MR) is 68.1 cm³/mol. The minimum atomic E-state index is -0.217. The van der Waals surface area contributed by atoms with Gasteiger partial charge in [0.1, 0.15) is 11.3 Å². The van der Waals surface area contributed by atoms with Crippen LogP contribution in [0.15, 0.2) is 18.5 Å². The maximum absolute atomic E-state index is 10.6. The third kappa shape index (κ3) is 2.85. The Hall–Kier alpha value is -1.91. The van der Waals surface area contributed by atoms with Crippen LogP contribution in [-0.2, 0) is 16.1 Å². The molecule has 0 radical (unpaired) electrons. The van der Waals surface area contributed by atoms with E-state index in [1.54, 1.807) is 12.4 Å². The Bertz CT molecular complexity index is 548. The molecule has 0 saturated heterocycles. The smallest absolute Gasteiger partial charge is 0.302 e. The molecule has 0 aliphatic carbocycles. The fraction of sp³-hybridized carbons (Fsp3) is 0.462. The molecule has 96 valence electrons. The number of rotatable bonds is 5. The van der Waals surface area contributed by atoms with Gasteiger partial charge in [0.15, 0.2) is 0 Å². The number of carbonyl (C=O) groups excluding carboxylic acids is 1. The molecular formula is C13H17N3O2. The van der Waals surface area contributed by atoms with Gasteiger partial charge in [0.05, 0.1) is 18.3 Å². The number of hydrogen-bond acceptors (Lipinski definition) is 4. The first-order valence-corrected chi connectivity index (χ1v) is 6.08. The van der Waals surface area contributed by atoms with Crippen molar-refractivity contribution in [2.45, 2.75) is 33.2 Å². The Balaban J connectivity index is 1.95. The molecule has 2 aromatic heterocycles. The number of pyridine rings is 1. The summed E-state index contributed by atoms with van der Waals surface area (Å²) >= 11 is 0. The van der Waals surface area contributed by atoms with Crippen molar-refractivity contribution in [2.75, 3.05) is 6.61 Å². The maximum atomic E-state index is 10.6. The largest absolute Gasteiger partial charge is 0.466 e. The van der Waals surface area contributed by atoms with Crippen LogP contribution in [0.3, 0.4) is 0 Å². The number of nitrogens with zero attached hydrogens (tertiary/aromatic N) is 3. The molecule has 0 bridgehead atoms. The third-order valence-corrected chi connectivity index (χ3v) is 2.82. The fourth-order valence-electron chi connectivity index (χ4n) is 1.97. The summed E-state index contributed by atoms with van der Waals surface area (Å²) in [4.78, 5) is 19.1. The lowest BCUT2D eigenvalue weighted by atomic mass is 10.3. The van der Waals surface area contributed by atoms with Gasteiger partial charge in [-0.1, -0.05) is 0 Å². The van der Waals surface area contributed by atoms with Crippen molar-refractivity contribution in [3.05, 3.63) is 24.3 Å². The molecule has 0 aromatic carbocycles. The Kier molecular flexibility index (Phi) is 3.92. The average Bonchev–Trinajstić information content (AvgIpc) is 2.65. The number of aryl methyl sites for hydroxylation is 2. The zero-order chi connectivity index (χ0) is 13.0. The number of hydrogen-bond donors (Lipinski definition) is 0. The molecule has 0 fully saturated rings. The number of aromatic nitrogens is 3. The molecule has 0 aliphatic heterocycles. The van der Waals surface area contributed by atoms with Gasteiger partial charge in [-0.25, -0.2) is 4.98 Å². The number of unbranched alkanes of at least 4 members (excludes halogenated alkanes) is 1. The molecule has 18 heavy (non-hydrogen) atoms. The van der Waals surface area contributed by atoms with E-state index in [1.165, 1.54) is 6.92 Å². The van der Waals surface area contributed by atoms with Crippen molar-refractivity contribution in [3.63, 3.8) is 0 Å². The van der Waals surface area contributed by atoms with Crippen LogP contribution >= 0.6 is 0 Å². The number of esters is 1. The Morgan fingerprint density at radius 1 is 1.44 bits per heavy atom. The summed E-state index contributed by atoms with van der Waals surface area (Å²) in [7, 11) is 0. The Morgan fingerprint density at radius 3 is 3.06 bits per heavy atom. The van der Waals surface area contributed by atoms with Gasteiger partial charge in [0.2, 0.25) is 0 Å². The highest BCUT2D eigenvalue weighted by molar-refractivity contribution is 5.74. The lowest BCUT2D eigenvalue weighted by Crippen LogP contribution is -2.04. The van der Waals surface area contributed by atoms with Crippen LogP contribution in [0.25, 0.3) is 11.0 Å². The average molecular weight is 247 g/mol. The molecule has 0 spiro atoms. The summed E-state index contributed by atoms with van der Waals surface area (Å²) in [5.41, 5.74) is 2.03. The zero-order valence-corrected chi connectivity index (χ0v) is 10.7. The monoisotopic (exact) mass is 247 g/mol. The van der Waals surface area contributed by atoms with E-state index >= 15 is 0 Å². The molecule has 0 unspecified atom stereocenters. The Morgan fingerprint density at radius 2 is 2.28 bits per heavy atom. The normalized spacial score (nSPS) is 10.8. The van der Waals surface area contributed by atoms with E-state index in [-0.39, 0.29) is 5.97 Å². The second kappa shape index (κ2) is 5.62. The minimum Gasteiger partial charge on any atom is -0.466 e. The molecule has 0 atom stereocenters. The van der Waals surface area contributed by atoms with E-state index in [0.717, 1.165) is 36.2 Å².